The number of thiazole rings is 1. The Hall–Kier alpha value is -4.97. The second kappa shape index (κ2) is 10.2. The molecule has 0 radical (unpaired) electrons. The van der Waals surface area contributed by atoms with E-state index in [4.69, 9.17) is 18.6 Å². The molecule has 0 amide bonds. The first-order valence-electron chi connectivity index (χ1n) is 12.7. The quantitative estimate of drug-likeness (QED) is 0.192. The average Bonchev–Trinajstić information content (AvgIpc) is 3.67. The van der Waals surface area contributed by atoms with E-state index in [9.17, 15) is 19.7 Å². The summed E-state index contributed by atoms with van der Waals surface area (Å²) in [5.41, 5.74) is 1.94. The lowest BCUT2D eigenvalue weighted by Gasteiger charge is -2.24. The zero-order chi connectivity index (χ0) is 28.8. The van der Waals surface area contributed by atoms with E-state index < -0.39 is 16.9 Å². The standard InChI is InChI=1S/C29H23N3O8S/c1-4-37-28(34)25-16(3)30-29-31(26(25)17-6-9-22-23(12-17)39-14-38-22)27(33)24(41-29)13-18-7-10-21(40-18)19-8-5-15(2)11-20(19)32(35)36/h5-13,26H,4,14H2,1-3H3/b24-13-/t26-/m1/s1. The number of hydrogen-bond donors (Lipinski definition) is 0. The number of ether oxygens (including phenoxy) is 3. The van der Waals surface area contributed by atoms with Gasteiger partial charge in [0.25, 0.3) is 11.2 Å². The summed E-state index contributed by atoms with van der Waals surface area (Å²) >= 11 is 1.14. The molecule has 6 rings (SSSR count). The lowest BCUT2D eigenvalue weighted by molar-refractivity contribution is -0.384. The fourth-order valence-electron chi connectivity index (χ4n) is 4.90. The Morgan fingerprint density at radius 1 is 1.17 bits per heavy atom. The van der Waals surface area contributed by atoms with E-state index in [1.54, 1.807) is 69.3 Å². The molecule has 4 aromatic rings. The second-order valence-electron chi connectivity index (χ2n) is 9.39. The number of nitro benzene ring substituents is 1. The molecule has 208 valence electrons. The zero-order valence-corrected chi connectivity index (χ0v) is 23.0. The van der Waals surface area contributed by atoms with E-state index in [1.807, 2.05) is 0 Å². The molecule has 0 saturated heterocycles. The van der Waals surface area contributed by atoms with Crippen molar-refractivity contribution >= 4 is 29.1 Å². The Bertz CT molecular complexity index is 1950. The predicted molar refractivity (Wildman–Crippen MR) is 148 cm³/mol. The topological polar surface area (TPSA) is 135 Å². The van der Waals surface area contributed by atoms with Gasteiger partial charge in [-0.1, -0.05) is 23.5 Å². The van der Waals surface area contributed by atoms with Gasteiger partial charge in [0.1, 0.15) is 11.5 Å². The maximum absolute atomic E-state index is 13.8. The highest BCUT2D eigenvalue weighted by atomic mass is 32.1. The number of nitro groups is 1. The molecule has 0 bridgehead atoms. The average molecular weight is 574 g/mol. The number of nitrogens with zero attached hydrogens (tertiary/aromatic N) is 3. The summed E-state index contributed by atoms with van der Waals surface area (Å²) in [4.78, 5) is 43.1. The van der Waals surface area contributed by atoms with Crippen molar-refractivity contribution in [2.24, 2.45) is 4.99 Å². The molecule has 12 heteroatoms. The Morgan fingerprint density at radius 3 is 2.76 bits per heavy atom. The Balaban J connectivity index is 1.47. The normalized spacial score (nSPS) is 16.0. The number of benzene rings is 2. The van der Waals surface area contributed by atoms with Gasteiger partial charge < -0.3 is 18.6 Å². The minimum atomic E-state index is -0.815. The number of aromatic nitrogens is 1. The lowest BCUT2D eigenvalue weighted by atomic mass is 9.95. The van der Waals surface area contributed by atoms with Crippen molar-refractivity contribution in [1.29, 1.82) is 0 Å². The smallest absolute Gasteiger partial charge is 0.338 e. The van der Waals surface area contributed by atoms with Crippen LogP contribution in [0.4, 0.5) is 5.69 Å². The minimum Gasteiger partial charge on any atom is -0.463 e. The molecule has 0 aliphatic carbocycles. The largest absolute Gasteiger partial charge is 0.463 e. The van der Waals surface area contributed by atoms with Crippen LogP contribution in [0.1, 0.15) is 36.8 Å². The summed E-state index contributed by atoms with van der Waals surface area (Å²) in [7, 11) is 0. The Morgan fingerprint density at radius 2 is 1.98 bits per heavy atom. The van der Waals surface area contributed by atoms with Gasteiger partial charge in [-0.2, -0.15) is 0 Å². The van der Waals surface area contributed by atoms with Gasteiger partial charge in [0, 0.05) is 12.1 Å². The molecule has 2 aromatic carbocycles. The van der Waals surface area contributed by atoms with Crippen LogP contribution < -0.4 is 24.4 Å². The van der Waals surface area contributed by atoms with E-state index in [0.717, 1.165) is 16.9 Å². The number of hydrogen-bond acceptors (Lipinski definition) is 10. The Labute approximate surface area is 236 Å². The number of carbonyl (C=O) groups excluding carboxylic acids is 1. The van der Waals surface area contributed by atoms with Crippen LogP contribution in [-0.4, -0.2) is 28.9 Å². The molecule has 11 nitrogen and oxygen atoms in total. The van der Waals surface area contributed by atoms with E-state index in [2.05, 4.69) is 4.99 Å². The van der Waals surface area contributed by atoms with Gasteiger partial charge in [-0.25, -0.2) is 9.79 Å². The molecule has 1 atom stereocenters. The molecule has 0 saturated carbocycles. The van der Waals surface area contributed by atoms with Gasteiger partial charge in [-0.15, -0.1) is 0 Å². The van der Waals surface area contributed by atoms with Crippen molar-refractivity contribution in [3.63, 3.8) is 0 Å². The SMILES string of the molecule is CCOC(=O)C1=C(C)N=c2s/c(=C\c3ccc(-c4ccc(C)cc4[N+](=O)[O-])o3)c(=O)n2[C@@H]1c1ccc2c(c1)OCO2. The van der Waals surface area contributed by atoms with Gasteiger partial charge in [0.05, 0.1) is 38.9 Å². The van der Waals surface area contributed by atoms with Crippen LogP contribution in [0.25, 0.3) is 17.4 Å². The molecule has 2 aromatic heterocycles. The maximum Gasteiger partial charge on any atom is 0.338 e. The van der Waals surface area contributed by atoms with Crippen molar-refractivity contribution in [2.45, 2.75) is 26.8 Å². The summed E-state index contributed by atoms with van der Waals surface area (Å²) in [5, 5.41) is 11.6. The van der Waals surface area contributed by atoms with Gasteiger partial charge in [0.15, 0.2) is 16.3 Å². The third-order valence-corrected chi connectivity index (χ3v) is 7.73. The highest BCUT2D eigenvalue weighted by molar-refractivity contribution is 7.07. The number of aryl methyl sites for hydroxylation is 1. The highest BCUT2D eigenvalue weighted by Gasteiger charge is 2.34. The summed E-state index contributed by atoms with van der Waals surface area (Å²) in [6.45, 7) is 5.43. The van der Waals surface area contributed by atoms with Crippen molar-refractivity contribution in [2.75, 3.05) is 13.4 Å². The second-order valence-corrected chi connectivity index (χ2v) is 10.4. The fraction of sp³-hybridized carbons (Fsp3) is 0.207. The molecule has 0 fully saturated rings. The van der Waals surface area contributed by atoms with E-state index in [-0.39, 0.29) is 30.2 Å². The summed E-state index contributed by atoms with van der Waals surface area (Å²) in [6.07, 6.45) is 1.56. The van der Waals surface area contributed by atoms with Crippen LogP contribution in [0.5, 0.6) is 11.5 Å². The molecule has 0 spiro atoms. The van der Waals surface area contributed by atoms with E-state index >= 15 is 0 Å². The minimum absolute atomic E-state index is 0.0732. The van der Waals surface area contributed by atoms with Crippen LogP contribution in [-0.2, 0) is 9.53 Å². The fourth-order valence-corrected chi connectivity index (χ4v) is 5.92. The van der Waals surface area contributed by atoms with E-state index in [1.165, 1.54) is 10.6 Å². The first kappa shape index (κ1) is 26.3. The van der Waals surface area contributed by atoms with Gasteiger partial charge >= 0.3 is 5.97 Å². The van der Waals surface area contributed by atoms with Gasteiger partial charge in [-0.05, 0) is 62.2 Å². The van der Waals surface area contributed by atoms with Crippen molar-refractivity contribution in [3.05, 3.63) is 106 Å². The number of rotatable bonds is 6. The molecule has 2 aliphatic rings. The number of esters is 1. The van der Waals surface area contributed by atoms with Gasteiger partial charge in [0.2, 0.25) is 6.79 Å². The molecular weight excluding hydrogens is 550 g/mol. The third kappa shape index (κ3) is 4.61. The van der Waals surface area contributed by atoms with Crippen molar-refractivity contribution in [1.82, 2.24) is 4.57 Å². The van der Waals surface area contributed by atoms with Gasteiger partial charge in [-0.3, -0.25) is 19.5 Å². The Kier molecular flexibility index (Phi) is 6.54. The summed E-state index contributed by atoms with van der Waals surface area (Å²) < 4.78 is 24.0. The lowest BCUT2D eigenvalue weighted by Crippen LogP contribution is -2.39. The van der Waals surface area contributed by atoms with Crippen molar-refractivity contribution < 1.29 is 28.3 Å². The number of allylic oxidation sites excluding steroid dienone is 1. The zero-order valence-electron chi connectivity index (χ0n) is 22.2. The molecule has 2 aliphatic heterocycles. The number of fused-ring (bicyclic) bond motifs is 2. The molecule has 0 unspecified atom stereocenters. The third-order valence-electron chi connectivity index (χ3n) is 6.74. The van der Waals surface area contributed by atoms with Crippen LogP contribution in [0.15, 0.2) is 74.0 Å². The first-order chi connectivity index (χ1) is 19.7. The van der Waals surface area contributed by atoms with Crippen LogP contribution in [0.3, 0.4) is 0 Å². The molecule has 4 heterocycles. The monoisotopic (exact) mass is 573 g/mol. The number of carbonyl (C=O) groups is 1. The highest BCUT2D eigenvalue weighted by Crippen LogP contribution is 2.38. The van der Waals surface area contributed by atoms with Crippen LogP contribution in [0.2, 0.25) is 0 Å². The summed E-state index contributed by atoms with van der Waals surface area (Å²) in [5.74, 6) is 1.15. The predicted octanol–water partition coefficient (Wildman–Crippen LogP) is 4.00. The first-order valence-corrected chi connectivity index (χ1v) is 13.5. The molecule has 0 N–H and O–H groups in total. The molecular formula is C29H23N3O8S. The molecule has 41 heavy (non-hydrogen) atoms. The van der Waals surface area contributed by atoms with Crippen molar-refractivity contribution in [3.8, 4) is 22.8 Å². The van der Waals surface area contributed by atoms with Crippen LogP contribution in [0, 0.1) is 17.0 Å². The maximum atomic E-state index is 13.8. The van der Waals surface area contributed by atoms with Crippen LogP contribution >= 0.6 is 11.3 Å². The number of furan rings is 1. The van der Waals surface area contributed by atoms with E-state index in [0.29, 0.717) is 49.2 Å². The summed E-state index contributed by atoms with van der Waals surface area (Å²) in [6, 6.07) is 12.6.